The molecule has 1 unspecified atom stereocenters. The monoisotopic (exact) mass is 752 g/mol. The summed E-state index contributed by atoms with van der Waals surface area (Å²) in [6, 6.07) is 26.5. The van der Waals surface area contributed by atoms with Crippen molar-refractivity contribution in [1.82, 2.24) is 25.8 Å². The molecule has 0 bridgehead atoms. The molecule has 3 N–H and O–H groups in total. The van der Waals surface area contributed by atoms with E-state index in [1.54, 1.807) is 34.1 Å². The summed E-state index contributed by atoms with van der Waals surface area (Å²) in [5.41, 5.74) is 4.27. The SMILES string of the molecule is Cc1ccc(C(C)NCc2ccc(-c3ccc(Cl)c(C(=O)N[C@@H](CNCC(=O)N4CCN(C(=O)OC(C)(C)C)CC4)Cc4ccc(C#N)cc4)c3)o2)cc1. The van der Waals surface area contributed by atoms with Crippen molar-refractivity contribution < 1.29 is 23.5 Å². The molecule has 54 heavy (non-hydrogen) atoms. The zero-order chi connectivity index (χ0) is 38.8. The molecule has 4 aromatic rings. The quantitative estimate of drug-likeness (QED) is 0.138. The summed E-state index contributed by atoms with van der Waals surface area (Å²) in [5, 5.41) is 19.4. The van der Waals surface area contributed by atoms with Crippen LogP contribution < -0.4 is 16.0 Å². The molecule has 1 saturated heterocycles. The van der Waals surface area contributed by atoms with Crippen molar-refractivity contribution in [1.29, 1.82) is 5.26 Å². The van der Waals surface area contributed by atoms with Gasteiger partial charge >= 0.3 is 6.09 Å². The molecular weight excluding hydrogens is 704 g/mol. The third kappa shape index (κ3) is 11.4. The topological polar surface area (TPSA) is 140 Å². The van der Waals surface area contributed by atoms with Gasteiger partial charge in [0.2, 0.25) is 5.91 Å². The van der Waals surface area contributed by atoms with E-state index in [0.717, 1.165) is 11.3 Å². The minimum Gasteiger partial charge on any atom is -0.460 e. The van der Waals surface area contributed by atoms with Crippen LogP contribution in [0.5, 0.6) is 0 Å². The fourth-order valence-corrected chi connectivity index (χ4v) is 6.28. The largest absolute Gasteiger partial charge is 0.460 e. The zero-order valence-corrected chi connectivity index (χ0v) is 32.3. The Hall–Kier alpha value is -5.15. The number of aryl methyl sites for hydroxylation is 1. The van der Waals surface area contributed by atoms with Crippen LogP contribution in [0.1, 0.15) is 72.1 Å². The van der Waals surface area contributed by atoms with Gasteiger partial charge < -0.3 is 34.9 Å². The molecule has 0 spiro atoms. The zero-order valence-electron chi connectivity index (χ0n) is 31.6. The highest BCUT2D eigenvalue weighted by atomic mass is 35.5. The van der Waals surface area contributed by atoms with E-state index in [2.05, 4.69) is 60.1 Å². The van der Waals surface area contributed by atoms with Gasteiger partial charge in [-0.1, -0.05) is 53.6 Å². The smallest absolute Gasteiger partial charge is 0.410 e. The van der Waals surface area contributed by atoms with Gasteiger partial charge in [0.25, 0.3) is 5.91 Å². The number of furan rings is 1. The van der Waals surface area contributed by atoms with E-state index in [9.17, 15) is 19.6 Å². The van der Waals surface area contributed by atoms with Crippen molar-refractivity contribution >= 4 is 29.5 Å². The molecule has 5 rings (SSSR count). The molecular formula is C42H49ClN6O5. The summed E-state index contributed by atoms with van der Waals surface area (Å²) in [6.07, 6.45) is 0.0604. The first kappa shape index (κ1) is 40.0. The number of nitrogens with one attached hydrogen (secondary N) is 3. The Labute approximate surface area is 322 Å². The van der Waals surface area contributed by atoms with Crippen LogP contribution in [0.3, 0.4) is 0 Å². The Kier molecular flexibility index (Phi) is 13.5. The molecule has 11 nitrogen and oxygen atoms in total. The molecule has 1 aromatic heterocycles. The molecule has 2 heterocycles. The van der Waals surface area contributed by atoms with E-state index < -0.39 is 11.6 Å². The standard InChI is InChI=1S/C42H49ClN6O5/c1-28-6-12-32(13-7-28)29(2)46-26-35-15-17-38(53-35)33-14-16-37(43)36(23-33)40(51)47-34(22-30-8-10-31(24-44)11-9-30)25-45-27-39(50)48-18-20-49(21-19-48)41(52)54-42(3,4)5/h6-17,23,29,34,45-46H,18-22,25-27H2,1-5H3,(H,47,51)/t29?,34-/m1/s1. The Morgan fingerprint density at radius 3 is 2.30 bits per heavy atom. The molecule has 1 aliphatic heterocycles. The highest BCUT2D eigenvalue weighted by Gasteiger charge is 2.28. The number of ether oxygens (including phenoxy) is 1. The number of halogens is 1. The maximum absolute atomic E-state index is 13.8. The van der Waals surface area contributed by atoms with Gasteiger partial charge in [-0.2, -0.15) is 5.26 Å². The first-order chi connectivity index (χ1) is 25.8. The number of nitriles is 1. The van der Waals surface area contributed by atoms with Crippen LogP contribution in [0, 0.1) is 18.3 Å². The third-order valence-electron chi connectivity index (χ3n) is 9.17. The van der Waals surface area contributed by atoms with Crippen molar-refractivity contribution in [3.8, 4) is 17.4 Å². The number of hydrogen-bond acceptors (Lipinski definition) is 8. The van der Waals surface area contributed by atoms with Crippen LogP contribution in [0.25, 0.3) is 11.3 Å². The number of rotatable bonds is 13. The van der Waals surface area contributed by atoms with Crippen LogP contribution in [-0.4, -0.2) is 78.6 Å². The fraction of sp³-hybridized carbons (Fsp3) is 0.381. The lowest BCUT2D eigenvalue weighted by atomic mass is 10.0. The molecule has 0 radical (unpaired) electrons. The summed E-state index contributed by atoms with van der Waals surface area (Å²) in [4.78, 5) is 42.7. The van der Waals surface area contributed by atoms with Crippen LogP contribution in [0.15, 0.2) is 83.3 Å². The number of amides is 3. The molecule has 0 aliphatic carbocycles. The maximum atomic E-state index is 13.8. The highest BCUT2D eigenvalue weighted by Crippen LogP contribution is 2.28. The van der Waals surface area contributed by atoms with Gasteiger partial charge in [-0.15, -0.1) is 0 Å². The number of piperazine rings is 1. The van der Waals surface area contributed by atoms with E-state index in [1.807, 2.05) is 51.1 Å². The van der Waals surface area contributed by atoms with Crippen molar-refractivity contribution in [2.24, 2.45) is 0 Å². The first-order valence-electron chi connectivity index (χ1n) is 18.2. The van der Waals surface area contributed by atoms with Crippen LogP contribution >= 0.6 is 11.6 Å². The minimum absolute atomic E-state index is 0.0574. The molecule has 1 aliphatic rings. The molecule has 284 valence electrons. The second kappa shape index (κ2) is 18.3. The number of benzene rings is 3. The maximum Gasteiger partial charge on any atom is 0.410 e. The van der Waals surface area contributed by atoms with E-state index in [4.69, 9.17) is 20.8 Å². The number of carbonyl (C=O) groups is 3. The van der Waals surface area contributed by atoms with Gasteiger partial charge in [0.1, 0.15) is 17.1 Å². The molecule has 2 atom stereocenters. The predicted octanol–water partition coefficient (Wildman–Crippen LogP) is 6.64. The molecule has 3 amide bonds. The summed E-state index contributed by atoms with van der Waals surface area (Å²) in [7, 11) is 0. The average Bonchev–Trinajstić information content (AvgIpc) is 3.63. The fourth-order valence-electron chi connectivity index (χ4n) is 6.07. The van der Waals surface area contributed by atoms with Crippen molar-refractivity contribution in [2.75, 3.05) is 39.3 Å². The lowest BCUT2D eigenvalue weighted by molar-refractivity contribution is -0.132. The number of carbonyl (C=O) groups excluding carboxylic acids is 3. The number of nitrogens with zero attached hydrogens (tertiary/aromatic N) is 3. The Morgan fingerprint density at radius 2 is 1.63 bits per heavy atom. The summed E-state index contributed by atoms with van der Waals surface area (Å²) < 4.78 is 11.6. The average molecular weight is 753 g/mol. The van der Waals surface area contributed by atoms with E-state index in [-0.39, 0.29) is 30.5 Å². The highest BCUT2D eigenvalue weighted by molar-refractivity contribution is 6.34. The van der Waals surface area contributed by atoms with Crippen LogP contribution in [-0.2, 0) is 22.5 Å². The second-order valence-electron chi connectivity index (χ2n) is 14.6. The minimum atomic E-state index is -0.589. The Bertz CT molecular complexity index is 1940. The van der Waals surface area contributed by atoms with Crippen LogP contribution in [0.2, 0.25) is 5.02 Å². The van der Waals surface area contributed by atoms with Gasteiger partial charge in [0, 0.05) is 50.4 Å². The summed E-state index contributed by atoms with van der Waals surface area (Å²) >= 11 is 6.58. The lowest BCUT2D eigenvalue weighted by Crippen LogP contribution is -2.53. The van der Waals surface area contributed by atoms with Gasteiger partial charge in [-0.25, -0.2) is 4.79 Å². The van der Waals surface area contributed by atoms with Gasteiger partial charge in [0.15, 0.2) is 0 Å². The van der Waals surface area contributed by atoms with E-state index >= 15 is 0 Å². The molecule has 1 fully saturated rings. The second-order valence-corrected chi connectivity index (χ2v) is 15.0. The third-order valence-corrected chi connectivity index (χ3v) is 9.50. The summed E-state index contributed by atoms with van der Waals surface area (Å²) in [5.74, 6) is 0.905. The normalized spacial score (nSPS) is 14.2. The summed E-state index contributed by atoms with van der Waals surface area (Å²) in [6.45, 7) is 12.1. The van der Waals surface area contributed by atoms with E-state index in [1.165, 1.54) is 11.1 Å². The van der Waals surface area contributed by atoms with E-state index in [0.29, 0.717) is 73.2 Å². The van der Waals surface area contributed by atoms with Gasteiger partial charge in [0.05, 0.1) is 35.3 Å². The van der Waals surface area contributed by atoms with Gasteiger partial charge in [-0.05, 0) is 94.6 Å². The predicted molar refractivity (Wildman–Crippen MR) is 209 cm³/mol. The molecule has 12 heteroatoms. The van der Waals surface area contributed by atoms with Crippen molar-refractivity contribution in [2.45, 2.75) is 65.3 Å². The van der Waals surface area contributed by atoms with Gasteiger partial charge in [-0.3, -0.25) is 9.59 Å². The van der Waals surface area contributed by atoms with Crippen molar-refractivity contribution in [3.63, 3.8) is 0 Å². The Balaban J connectivity index is 1.20. The lowest BCUT2D eigenvalue weighted by Gasteiger charge is -2.35. The molecule has 3 aromatic carbocycles. The van der Waals surface area contributed by atoms with Crippen LogP contribution in [0.4, 0.5) is 4.79 Å². The first-order valence-corrected chi connectivity index (χ1v) is 18.6. The number of hydrogen-bond donors (Lipinski definition) is 3. The van der Waals surface area contributed by atoms with Crippen molar-refractivity contribution in [3.05, 3.63) is 117 Å². The molecule has 0 saturated carbocycles. The Morgan fingerprint density at radius 1 is 0.944 bits per heavy atom.